The van der Waals surface area contributed by atoms with Gasteiger partial charge in [-0.3, -0.25) is 4.79 Å². The topological polar surface area (TPSA) is 76.1 Å². The number of rotatable bonds is 5. The number of ether oxygens (including phenoxy) is 2. The van der Waals surface area contributed by atoms with Gasteiger partial charge >= 0.3 is 5.97 Å². The van der Waals surface area contributed by atoms with Gasteiger partial charge in [-0.15, -0.1) is 0 Å². The Kier molecular flexibility index (Phi) is 4.57. The minimum atomic E-state index is -1.07. The number of carboxylic acids is 1. The fourth-order valence-corrected chi connectivity index (χ4v) is 2.06. The molecule has 1 N–H and O–H groups in total. The predicted octanol–water partition coefficient (Wildman–Crippen LogP) is 1.54. The molecule has 0 saturated heterocycles. The number of carbonyl (C=O) groups is 2. The maximum atomic E-state index is 12.1. The minimum absolute atomic E-state index is 0.00935. The molecule has 0 aromatic heterocycles. The van der Waals surface area contributed by atoms with Crippen LogP contribution in [0.15, 0.2) is 18.2 Å². The molecule has 1 aromatic rings. The zero-order valence-corrected chi connectivity index (χ0v) is 11.3. The lowest BCUT2D eigenvalue weighted by Gasteiger charge is -2.30. The fraction of sp³-hybridized carbons (Fsp3) is 0.429. The maximum Gasteiger partial charge on any atom is 0.339 e. The fourth-order valence-electron chi connectivity index (χ4n) is 2.06. The first-order valence-corrected chi connectivity index (χ1v) is 6.52. The van der Waals surface area contributed by atoms with Crippen LogP contribution in [-0.4, -0.2) is 43.3 Å². The Morgan fingerprint density at radius 1 is 1.45 bits per heavy atom. The Morgan fingerprint density at radius 3 is 2.95 bits per heavy atom. The second-order valence-electron chi connectivity index (χ2n) is 4.41. The van der Waals surface area contributed by atoms with Crippen molar-refractivity contribution >= 4 is 17.6 Å². The number of para-hydroxylation sites is 1. The zero-order valence-electron chi connectivity index (χ0n) is 11.3. The summed E-state index contributed by atoms with van der Waals surface area (Å²) in [7, 11) is 0. The standard InChI is InChI=1S/C14H17NO5/c1-2-7-19-9-12(16)15-6-8-20-13-10(14(17)18)4-3-5-11(13)15/h3-5H,2,6-9H2,1H3,(H,17,18). The van der Waals surface area contributed by atoms with Crippen LogP contribution < -0.4 is 9.64 Å². The second kappa shape index (κ2) is 6.38. The highest BCUT2D eigenvalue weighted by Gasteiger charge is 2.27. The number of nitrogens with zero attached hydrogens (tertiary/aromatic N) is 1. The van der Waals surface area contributed by atoms with E-state index in [2.05, 4.69) is 0 Å². The van der Waals surface area contributed by atoms with E-state index in [-0.39, 0.29) is 30.4 Å². The smallest absolute Gasteiger partial charge is 0.339 e. The van der Waals surface area contributed by atoms with Gasteiger partial charge in [0.15, 0.2) is 5.75 Å². The second-order valence-corrected chi connectivity index (χ2v) is 4.41. The number of carbonyl (C=O) groups excluding carboxylic acids is 1. The molecule has 0 atom stereocenters. The van der Waals surface area contributed by atoms with Crippen molar-refractivity contribution in [2.45, 2.75) is 13.3 Å². The number of fused-ring (bicyclic) bond motifs is 1. The molecule has 1 aromatic carbocycles. The normalized spacial score (nSPS) is 13.6. The first-order valence-electron chi connectivity index (χ1n) is 6.52. The average Bonchev–Trinajstić information content (AvgIpc) is 2.46. The van der Waals surface area contributed by atoms with Crippen LogP contribution in [0.5, 0.6) is 5.75 Å². The van der Waals surface area contributed by atoms with Gasteiger partial charge in [0.1, 0.15) is 18.8 Å². The highest BCUT2D eigenvalue weighted by molar-refractivity contribution is 6.00. The molecule has 6 nitrogen and oxygen atoms in total. The lowest BCUT2D eigenvalue weighted by atomic mass is 10.1. The Bertz CT molecular complexity index is 514. The lowest BCUT2D eigenvalue weighted by molar-refractivity contribution is -0.123. The molecule has 0 aliphatic carbocycles. The van der Waals surface area contributed by atoms with Crippen LogP contribution >= 0.6 is 0 Å². The Morgan fingerprint density at radius 2 is 2.25 bits per heavy atom. The van der Waals surface area contributed by atoms with Crippen molar-refractivity contribution in [3.63, 3.8) is 0 Å². The molecule has 0 fully saturated rings. The molecule has 0 radical (unpaired) electrons. The molecule has 1 aliphatic heterocycles. The van der Waals surface area contributed by atoms with Gasteiger partial charge in [-0.05, 0) is 18.6 Å². The molecule has 108 valence electrons. The quantitative estimate of drug-likeness (QED) is 0.827. The van der Waals surface area contributed by atoms with E-state index < -0.39 is 5.97 Å². The van der Waals surface area contributed by atoms with E-state index in [9.17, 15) is 9.59 Å². The first kappa shape index (κ1) is 14.3. The van der Waals surface area contributed by atoms with Gasteiger partial charge < -0.3 is 19.5 Å². The molecule has 1 amide bonds. The third-order valence-corrected chi connectivity index (χ3v) is 2.95. The Hall–Kier alpha value is -2.08. The molecular weight excluding hydrogens is 262 g/mol. The number of carboxylic acid groups (broad SMARTS) is 1. The van der Waals surface area contributed by atoms with Gasteiger partial charge in [0, 0.05) is 6.61 Å². The number of anilines is 1. The minimum Gasteiger partial charge on any atom is -0.489 e. The molecule has 1 aliphatic rings. The van der Waals surface area contributed by atoms with Gasteiger partial charge in [-0.2, -0.15) is 0 Å². The summed E-state index contributed by atoms with van der Waals surface area (Å²) in [5.74, 6) is -1.01. The van der Waals surface area contributed by atoms with Crippen molar-refractivity contribution in [2.75, 3.05) is 31.3 Å². The van der Waals surface area contributed by atoms with Gasteiger partial charge in [0.25, 0.3) is 5.91 Å². The summed E-state index contributed by atoms with van der Waals surface area (Å²) in [6.45, 7) is 3.15. The lowest BCUT2D eigenvalue weighted by Crippen LogP contribution is -2.40. The number of aromatic carboxylic acids is 1. The Labute approximate surface area is 116 Å². The van der Waals surface area contributed by atoms with Crippen molar-refractivity contribution < 1.29 is 24.2 Å². The first-order chi connectivity index (χ1) is 9.65. The maximum absolute atomic E-state index is 12.1. The van der Waals surface area contributed by atoms with Crippen molar-refractivity contribution in [3.05, 3.63) is 23.8 Å². The van der Waals surface area contributed by atoms with E-state index in [4.69, 9.17) is 14.6 Å². The molecule has 6 heteroatoms. The summed E-state index contributed by atoms with van der Waals surface area (Å²) in [4.78, 5) is 24.8. The van der Waals surface area contributed by atoms with Gasteiger partial charge in [0.2, 0.25) is 0 Å². The number of hydrogen-bond donors (Lipinski definition) is 1. The third-order valence-electron chi connectivity index (χ3n) is 2.95. The van der Waals surface area contributed by atoms with E-state index in [0.717, 1.165) is 6.42 Å². The number of hydrogen-bond acceptors (Lipinski definition) is 4. The predicted molar refractivity (Wildman–Crippen MR) is 72.4 cm³/mol. The summed E-state index contributed by atoms with van der Waals surface area (Å²) in [6, 6.07) is 4.74. The van der Waals surface area contributed by atoms with Crippen molar-refractivity contribution in [1.82, 2.24) is 0 Å². The van der Waals surface area contributed by atoms with E-state index >= 15 is 0 Å². The van der Waals surface area contributed by atoms with Crippen LogP contribution in [0.1, 0.15) is 23.7 Å². The molecule has 0 saturated carbocycles. The van der Waals surface area contributed by atoms with Gasteiger partial charge in [0.05, 0.1) is 12.2 Å². The van der Waals surface area contributed by atoms with Gasteiger partial charge in [-0.25, -0.2) is 4.79 Å². The highest BCUT2D eigenvalue weighted by atomic mass is 16.5. The summed E-state index contributed by atoms with van der Waals surface area (Å²) >= 11 is 0. The molecule has 2 rings (SSSR count). The summed E-state index contributed by atoms with van der Waals surface area (Å²) < 4.78 is 10.6. The van der Waals surface area contributed by atoms with Crippen LogP contribution in [0.25, 0.3) is 0 Å². The van der Waals surface area contributed by atoms with E-state index in [1.807, 2.05) is 6.92 Å². The van der Waals surface area contributed by atoms with Crippen LogP contribution in [0, 0.1) is 0 Å². The monoisotopic (exact) mass is 279 g/mol. The van der Waals surface area contributed by atoms with Crippen molar-refractivity contribution in [3.8, 4) is 5.75 Å². The van der Waals surface area contributed by atoms with E-state index in [0.29, 0.717) is 18.8 Å². The number of amides is 1. The molecule has 0 spiro atoms. The average molecular weight is 279 g/mol. The van der Waals surface area contributed by atoms with Crippen LogP contribution in [-0.2, 0) is 9.53 Å². The van der Waals surface area contributed by atoms with Crippen molar-refractivity contribution in [1.29, 1.82) is 0 Å². The largest absolute Gasteiger partial charge is 0.489 e. The number of benzene rings is 1. The summed E-state index contributed by atoms with van der Waals surface area (Å²) in [5.41, 5.74) is 0.552. The van der Waals surface area contributed by atoms with E-state index in [1.54, 1.807) is 12.1 Å². The van der Waals surface area contributed by atoms with Crippen LogP contribution in [0.2, 0.25) is 0 Å². The summed E-state index contributed by atoms with van der Waals surface area (Å²) in [5, 5.41) is 9.13. The molecule has 0 unspecified atom stereocenters. The SMILES string of the molecule is CCCOCC(=O)N1CCOc2c(C(=O)O)cccc21. The van der Waals surface area contributed by atoms with E-state index in [1.165, 1.54) is 11.0 Å². The molecule has 0 bridgehead atoms. The van der Waals surface area contributed by atoms with Crippen LogP contribution in [0.4, 0.5) is 5.69 Å². The summed E-state index contributed by atoms with van der Waals surface area (Å²) in [6.07, 6.45) is 0.843. The Balaban J connectivity index is 2.22. The zero-order chi connectivity index (χ0) is 14.5. The molecule has 20 heavy (non-hydrogen) atoms. The van der Waals surface area contributed by atoms with Crippen molar-refractivity contribution in [2.24, 2.45) is 0 Å². The highest BCUT2D eigenvalue weighted by Crippen LogP contribution is 2.35. The van der Waals surface area contributed by atoms with Gasteiger partial charge in [-0.1, -0.05) is 13.0 Å². The third kappa shape index (κ3) is 2.91. The molecule has 1 heterocycles. The van der Waals surface area contributed by atoms with Crippen LogP contribution in [0.3, 0.4) is 0 Å². The molecular formula is C14H17NO5.